The van der Waals surface area contributed by atoms with Crippen LogP contribution in [0, 0.1) is 5.92 Å². The Morgan fingerprint density at radius 1 is 1.19 bits per heavy atom. The molecule has 0 spiro atoms. The summed E-state index contributed by atoms with van der Waals surface area (Å²) in [5, 5.41) is 8.35. The number of rotatable bonds is 7. The lowest BCUT2D eigenvalue weighted by atomic mass is 9.89. The van der Waals surface area contributed by atoms with E-state index in [1.165, 1.54) is 56.7 Å². The Morgan fingerprint density at radius 2 is 1.93 bits per heavy atom. The molecule has 1 heterocycles. The van der Waals surface area contributed by atoms with Crippen LogP contribution in [-0.4, -0.2) is 32.5 Å². The summed E-state index contributed by atoms with van der Waals surface area (Å²) >= 11 is 1.46. The minimum Gasteiger partial charge on any atom is -0.355 e. The third-order valence-electron chi connectivity index (χ3n) is 5.50. The number of carbonyl (C=O) groups is 1. The molecule has 0 aliphatic heterocycles. The fraction of sp³-hybridized carbons (Fsp3) is 0.571. The number of hydrogen-bond donors (Lipinski definition) is 1. The zero-order valence-electron chi connectivity index (χ0n) is 15.9. The molecule has 2 aliphatic rings. The molecule has 2 fully saturated rings. The standard InChI is InChI=1S/C21H28N4OS/c1-15(20(26)22-14-16-8-4-2-5-9-16)27-21-23-19(17-12-13-17)25(24-21)18-10-6-3-7-11-18/h3,6-7,10-11,15-17H,2,4-5,8-9,12-14H2,1H3,(H,22,26)/t15-/m0/s1. The first-order chi connectivity index (χ1) is 13.2. The summed E-state index contributed by atoms with van der Waals surface area (Å²) in [6, 6.07) is 10.1. The highest BCUT2D eigenvalue weighted by Crippen LogP contribution is 2.40. The van der Waals surface area contributed by atoms with E-state index in [4.69, 9.17) is 10.1 Å². The predicted molar refractivity (Wildman–Crippen MR) is 108 cm³/mol. The molecular weight excluding hydrogens is 356 g/mol. The molecule has 2 saturated carbocycles. The van der Waals surface area contributed by atoms with Gasteiger partial charge in [0.1, 0.15) is 5.82 Å². The van der Waals surface area contributed by atoms with Gasteiger partial charge in [0.2, 0.25) is 11.1 Å². The number of nitrogens with zero attached hydrogens (tertiary/aromatic N) is 3. The van der Waals surface area contributed by atoms with E-state index in [0.717, 1.165) is 18.1 Å². The smallest absolute Gasteiger partial charge is 0.233 e. The maximum absolute atomic E-state index is 12.5. The first-order valence-electron chi connectivity index (χ1n) is 10.2. The lowest BCUT2D eigenvalue weighted by Gasteiger charge is -2.22. The SMILES string of the molecule is C[C@H](Sc1nc(C2CC2)n(-c2ccccc2)n1)C(=O)NCC1CCCCC1. The van der Waals surface area contributed by atoms with Crippen molar-refractivity contribution in [2.24, 2.45) is 5.92 Å². The average molecular weight is 385 g/mol. The van der Waals surface area contributed by atoms with E-state index in [2.05, 4.69) is 17.4 Å². The van der Waals surface area contributed by atoms with E-state index < -0.39 is 0 Å². The predicted octanol–water partition coefficient (Wildman–Crippen LogP) is 4.32. The second-order valence-electron chi connectivity index (χ2n) is 7.78. The largest absolute Gasteiger partial charge is 0.355 e. The minimum atomic E-state index is -0.188. The number of para-hydroxylation sites is 1. The molecule has 27 heavy (non-hydrogen) atoms. The lowest BCUT2D eigenvalue weighted by Crippen LogP contribution is -2.35. The van der Waals surface area contributed by atoms with Crippen molar-refractivity contribution in [2.45, 2.75) is 68.2 Å². The zero-order chi connectivity index (χ0) is 18.6. The van der Waals surface area contributed by atoms with E-state index >= 15 is 0 Å². The average Bonchev–Trinajstić information content (AvgIpc) is 3.48. The van der Waals surface area contributed by atoms with Gasteiger partial charge in [0.15, 0.2) is 0 Å². The van der Waals surface area contributed by atoms with Gasteiger partial charge in [-0.05, 0) is 50.7 Å². The molecule has 1 aromatic carbocycles. The number of amides is 1. The Morgan fingerprint density at radius 3 is 2.63 bits per heavy atom. The number of carbonyl (C=O) groups excluding carboxylic acids is 1. The molecule has 144 valence electrons. The fourth-order valence-corrected chi connectivity index (χ4v) is 4.49. The third kappa shape index (κ3) is 4.72. The van der Waals surface area contributed by atoms with Gasteiger partial charge in [-0.2, -0.15) is 0 Å². The Kier molecular flexibility index (Phi) is 5.81. The van der Waals surface area contributed by atoms with Crippen molar-refractivity contribution < 1.29 is 4.79 Å². The Bertz CT molecular complexity index is 766. The second kappa shape index (κ2) is 8.46. The lowest BCUT2D eigenvalue weighted by molar-refractivity contribution is -0.120. The molecule has 4 rings (SSSR count). The second-order valence-corrected chi connectivity index (χ2v) is 9.09. The van der Waals surface area contributed by atoms with Gasteiger partial charge in [-0.3, -0.25) is 4.79 Å². The van der Waals surface area contributed by atoms with Gasteiger partial charge in [-0.1, -0.05) is 49.2 Å². The summed E-state index contributed by atoms with van der Waals surface area (Å²) in [6.07, 6.45) is 8.78. The van der Waals surface area contributed by atoms with Crippen LogP contribution in [0.25, 0.3) is 5.69 Å². The van der Waals surface area contributed by atoms with Crippen LogP contribution in [0.15, 0.2) is 35.5 Å². The Labute approximate surface area is 165 Å². The van der Waals surface area contributed by atoms with Crippen LogP contribution in [0.3, 0.4) is 0 Å². The number of aromatic nitrogens is 3. The van der Waals surface area contributed by atoms with Crippen LogP contribution < -0.4 is 5.32 Å². The summed E-state index contributed by atoms with van der Waals surface area (Å²) in [4.78, 5) is 17.3. The topological polar surface area (TPSA) is 59.8 Å². The van der Waals surface area contributed by atoms with E-state index in [0.29, 0.717) is 17.0 Å². The van der Waals surface area contributed by atoms with E-state index in [1.54, 1.807) is 0 Å². The first-order valence-corrected chi connectivity index (χ1v) is 11.1. The van der Waals surface area contributed by atoms with Crippen LogP contribution in [0.2, 0.25) is 0 Å². The summed E-state index contributed by atoms with van der Waals surface area (Å²) in [5.74, 6) is 2.27. The van der Waals surface area contributed by atoms with E-state index in [9.17, 15) is 4.79 Å². The normalized spacial score (nSPS) is 19.0. The molecule has 0 saturated heterocycles. The quantitative estimate of drug-likeness (QED) is 0.722. The molecule has 1 aromatic heterocycles. The van der Waals surface area contributed by atoms with Gasteiger partial charge in [-0.15, -0.1) is 5.10 Å². The Balaban J connectivity index is 1.39. The summed E-state index contributed by atoms with van der Waals surface area (Å²) in [7, 11) is 0. The van der Waals surface area contributed by atoms with Crippen LogP contribution in [0.1, 0.15) is 63.6 Å². The van der Waals surface area contributed by atoms with Gasteiger partial charge >= 0.3 is 0 Å². The third-order valence-corrected chi connectivity index (χ3v) is 6.45. The summed E-state index contributed by atoms with van der Waals surface area (Å²) < 4.78 is 1.95. The van der Waals surface area contributed by atoms with Crippen molar-refractivity contribution in [2.75, 3.05) is 6.54 Å². The van der Waals surface area contributed by atoms with Gasteiger partial charge < -0.3 is 5.32 Å². The molecule has 1 N–H and O–H groups in total. The highest BCUT2D eigenvalue weighted by molar-refractivity contribution is 8.00. The highest BCUT2D eigenvalue weighted by atomic mass is 32.2. The molecule has 1 atom stereocenters. The van der Waals surface area contributed by atoms with Crippen LogP contribution in [-0.2, 0) is 4.79 Å². The molecule has 5 nitrogen and oxygen atoms in total. The van der Waals surface area contributed by atoms with Crippen LogP contribution in [0.5, 0.6) is 0 Å². The monoisotopic (exact) mass is 384 g/mol. The highest BCUT2D eigenvalue weighted by Gasteiger charge is 2.31. The van der Waals surface area contributed by atoms with Crippen molar-refractivity contribution in [3.63, 3.8) is 0 Å². The van der Waals surface area contributed by atoms with Crippen molar-refractivity contribution >= 4 is 17.7 Å². The molecular formula is C21H28N4OS. The molecule has 0 radical (unpaired) electrons. The molecule has 2 aromatic rings. The van der Waals surface area contributed by atoms with Gasteiger partial charge in [0, 0.05) is 12.5 Å². The van der Waals surface area contributed by atoms with Crippen molar-refractivity contribution in [3.8, 4) is 5.69 Å². The summed E-state index contributed by atoms with van der Waals surface area (Å²) in [6.45, 7) is 2.75. The number of thioether (sulfide) groups is 1. The minimum absolute atomic E-state index is 0.0922. The van der Waals surface area contributed by atoms with Crippen LogP contribution in [0.4, 0.5) is 0 Å². The number of benzene rings is 1. The molecule has 0 unspecified atom stereocenters. The molecule has 0 bridgehead atoms. The van der Waals surface area contributed by atoms with E-state index in [1.807, 2.05) is 29.8 Å². The van der Waals surface area contributed by atoms with Gasteiger partial charge in [0.25, 0.3) is 0 Å². The molecule has 1 amide bonds. The Hall–Kier alpha value is -1.82. The first kappa shape index (κ1) is 18.5. The molecule has 2 aliphatic carbocycles. The van der Waals surface area contributed by atoms with Gasteiger partial charge in [0.05, 0.1) is 10.9 Å². The van der Waals surface area contributed by atoms with Crippen molar-refractivity contribution in [3.05, 3.63) is 36.2 Å². The van der Waals surface area contributed by atoms with Gasteiger partial charge in [-0.25, -0.2) is 9.67 Å². The number of nitrogens with one attached hydrogen (secondary N) is 1. The fourth-order valence-electron chi connectivity index (χ4n) is 3.71. The van der Waals surface area contributed by atoms with Crippen LogP contribution >= 0.6 is 11.8 Å². The van der Waals surface area contributed by atoms with E-state index in [-0.39, 0.29) is 11.2 Å². The summed E-state index contributed by atoms with van der Waals surface area (Å²) in [5.41, 5.74) is 1.04. The van der Waals surface area contributed by atoms with Crippen molar-refractivity contribution in [1.82, 2.24) is 20.1 Å². The number of hydrogen-bond acceptors (Lipinski definition) is 4. The molecule has 6 heteroatoms. The van der Waals surface area contributed by atoms with Crippen molar-refractivity contribution in [1.29, 1.82) is 0 Å². The maximum atomic E-state index is 12.5. The maximum Gasteiger partial charge on any atom is 0.233 e. The zero-order valence-corrected chi connectivity index (χ0v) is 16.8.